The normalized spacial score (nSPS) is 11.3. The van der Waals surface area contributed by atoms with Gasteiger partial charge in [-0.3, -0.25) is 0 Å². The van der Waals surface area contributed by atoms with Crippen molar-refractivity contribution in [3.63, 3.8) is 0 Å². The fourth-order valence-corrected chi connectivity index (χ4v) is 2.31. The number of likely N-dealkylation sites (N-methyl/N-ethyl adjacent to an activating group) is 1. The highest BCUT2D eigenvalue weighted by Crippen LogP contribution is 2.24. The molecular formula is C14H21BrF2N2O. The minimum atomic E-state index is -2.80. The Morgan fingerprint density at radius 2 is 2.00 bits per heavy atom. The zero-order chi connectivity index (χ0) is 15.0. The van der Waals surface area contributed by atoms with Gasteiger partial charge in [0, 0.05) is 29.7 Å². The summed E-state index contributed by atoms with van der Waals surface area (Å²) in [6, 6.07) is 5.04. The second-order valence-corrected chi connectivity index (χ2v) is 5.25. The lowest BCUT2D eigenvalue weighted by Gasteiger charge is -2.18. The number of benzene rings is 1. The number of hydrogen-bond donors (Lipinski definition) is 1. The maximum atomic E-state index is 12.3. The molecule has 20 heavy (non-hydrogen) atoms. The highest BCUT2D eigenvalue weighted by Gasteiger charge is 2.10. The van der Waals surface area contributed by atoms with Crippen LogP contribution in [-0.2, 0) is 6.54 Å². The van der Waals surface area contributed by atoms with Gasteiger partial charge < -0.3 is 15.0 Å². The average molecular weight is 351 g/mol. The lowest BCUT2D eigenvalue weighted by atomic mass is 10.2. The Bertz CT molecular complexity index is 401. The largest absolute Gasteiger partial charge is 0.434 e. The molecule has 0 saturated carbocycles. The number of rotatable bonds is 9. The number of ether oxygens (including phenoxy) is 1. The topological polar surface area (TPSA) is 24.5 Å². The van der Waals surface area contributed by atoms with E-state index in [1.165, 1.54) is 0 Å². The zero-order valence-electron chi connectivity index (χ0n) is 11.8. The van der Waals surface area contributed by atoms with Crippen molar-refractivity contribution < 1.29 is 13.5 Å². The zero-order valence-corrected chi connectivity index (χ0v) is 13.4. The first-order chi connectivity index (χ1) is 9.56. The van der Waals surface area contributed by atoms with Crippen LogP contribution in [-0.4, -0.2) is 37.7 Å². The van der Waals surface area contributed by atoms with E-state index in [0.29, 0.717) is 6.54 Å². The lowest BCUT2D eigenvalue weighted by Crippen LogP contribution is -2.31. The molecule has 0 saturated heterocycles. The number of hydrogen-bond acceptors (Lipinski definition) is 3. The van der Waals surface area contributed by atoms with Crippen LogP contribution < -0.4 is 10.1 Å². The van der Waals surface area contributed by atoms with Crippen molar-refractivity contribution in [3.8, 4) is 5.75 Å². The molecule has 0 atom stereocenters. The van der Waals surface area contributed by atoms with Gasteiger partial charge in [0.2, 0.25) is 0 Å². The van der Waals surface area contributed by atoms with Crippen molar-refractivity contribution in [2.24, 2.45) is 0 Å². The van der Waals surface area contributed by atoms with E-state index in [2.05, 4.69) is 44.7 Å². The number of nitrogens with zero attached hydrogens (tertiary/aromatic N) is 1. The predicted octanol–water partition coefficient (Wildman–Crippen LogP) is 3.48. The maximum Gasteiger partial charge on any atom is 0.387 e. The molecular weight excluding hydrogens is 330 g/mol. The molecule has 114 valence electrons. The van der Waals surface area contributed by atoms with Gasteiger partial charge in [-0.2, -0.15) is 8.78 Å². The summed E-state index contributed by atoms with van der Waals surface area (Å²) < 4.78 is 30.0. The third kappa shape index (κ3) is 6.15. The SMILES string of the molecule is CCN(CC)CCNCc1cc(Br)ccc1OC(F)F. The van der Waals surface area contributed by atoms with Crippen molar-refractivity contribution in [1.82, 2.24) is 10.2 Å². The van der Waals surface area contributed by atoms with Crippen LogP contribution >= 0.6 is 15.9 Å². The Morgan fingerprint density at radius 3 is 2.60 bits per heavy atom. The van der Waals surface area contributed by atoms with Gasteiger partial charge in [-0.1, -0.05) is 29.8 Å². The molecule has 0 spiro atoms. The van der Waals surface area contributed by atoms with Gasteiger partial charge in [-0.05, 0) is 31.3 Å². The van der Waals surface area contributed by atoms with Crippen LogP contribution in [0.15, 0.2) is 22.7 Å². The van der Waals surface area contributed by atoms with E-state index in [4.69, 9.17) is 0 Å². The predicted molar refractivity (Wildman–Crippen MR) is 80.3 cm³/mol. The highest BCUT2D eigenvalue weighted by molar-refractivity contribution is 9.10. The smallest absolute Gasteiger partial charge is 0.387 e. The summed E-state index contributed by atoms with van der Waals surface area (Å²) in [6.45, 7) is 5.70. The Hall–Kier alpha value is -0.720. The van der Waals surface area contributed by atoms with E-state index in [-0.39, 0.29) is 5.75 Å². The van der Waals surface area contributed by atoms with Crippen molar-refractivity contribution in [2.75, 3.05) is 26.2 Å². The van der Waals surface area contributed by atoms with Crippen LogP contribution in [0.25, 0.3) is 0 Å². The van der Waals surface area contributed by atoms with E-state index >= 15 is 0 Å². The van der Waals surface area contributed by atoms with Crippen molar-refractivity contribution in [2.45, 2.75) is 27.0 Å². The van der Waals surface area contributed by atoms with Crippen LogP contribution in [0.4, 0.5) is 8.78 Å². The van der Waals surface area contributed by atoms with E-state index in [1.54, 1.807) is 18.2 Å². The third-order valence-electron chi connectivity index (χ3n) is 3.05. The van der Waals surface area contributed by atoms with Crippen LogP contribution in [0.5, 0.6) is 5.75 Å². The molecule has 1 aromatic carbocycles. The van der Waals surface area contributed by atoms with Gasteiger partial charge in [0.1, 0.15) is 5.75 Å². The minimum Gasteiger partial charge on any atom is -0.434 e. The van der Waals surface area contributed by atoms with Gasteiger partial charge in [-0.15, -0.1) is 0 Å². The molecule has 1 rings (SSSR count). The van der Waals surface area contributed by atoms with Gasteiger partial charge in [0.15, 0.2) is 0 Å². The molecule has 0 amide bonds. The van der Waals surface area contributed by atoms with Crippen LogP contribution in [0, 0.1) is 0 Å². The quantitative estimate of drug-likeness (QED) is 0.690. The number of alkyl halides is 2. The first-order valence-corrected chi connectivity index (χ1v) is 7.52. The number of nitrogens with one attached hydrogen (secondary N) is 1. The second-order valence-electron chi connectivity index (χ2n) is 4.33. The summed E-state index contributed by atoms with van der Waals surface area (Å²) >= 11 is 3.34. The second kappa shape index (κ2) is 9.26. The molecule has 0 aliphatic heterocycles. The van der Waals surface area contributed by atoms with Crippen molar-refractivity contribution in [3.05, 3.63) is 28.2 Å². The molecule has 3 nitrogen and oxygen atoms in total. The highest BCUT2D eigenvalue weighted by atomic mass is 79.9. The van der Waals surface area contributed by atoms with E-state index in [1.807, 2.05) is 0 Å². The molecule has 1 N–H and O–H groups in total. The molecule has 0 bridgehead atoms. The molecule has 0 aliphatic rings. The maximum absolute atomic E-state index is 12.3. The Kier molecular flexibility index (Phi) is 8.02. The van der Waals surface area contributed by atoms with Crippen LogP contribution in [0.1, 0.15) is 19.4 Å². The molecule has 0 fully saturated rings. The lowest BCUT2D eigenvalue weighted by molar-refractivity contribution is -0.0505. The first-order valence-electron chi connectivity index (χ1n) is 6.73. The summed E-state index contributed by atoms with van der Waals surface area (Å²) in [6.07, 6.45) is 0. The average Bonchev–Trinajstić information content (AvgIpc) is 2.41. The van der Waals surface area contributed by atoms with E-state index < -0.39 is 6.61 Å². The molecule has 0 unspecified atom stereocenters. The standard InChI is InChI=1S/C14H21BrF2N2O/c1-3-19(4-2)8-7-18-10-11-9-12(15)5-6-13(11)20-14(16)17/h5-6,9,14,18H,3-4,7-8,10H2,1-2H3. The summed E-state index contributed by atoms with van der Waals surface area (Å²) in [7, 11) is 0. The summed E-state index contributed by atoms with van der Waals surface area (Å²) in [5, 5.41) is 3.25. The van der Waals surface area contributed by atoms with Crippen LogP contribution in [0.2, 0.25) is 0 Å². The molecule has 1 aromatic rings. The molecule has 0 aliphatic carbocycles. The Morgan fingerprint density at radius 1 is 1.30 bits per heavy atom. The molecule has 0 heterocycles. The summed E-state index contributed by atoms with van der Waals surface area (Å²) in [4.78, 5) is 2.30. The fraction of sp³-hybridized carbons (Fsp3) is 0.571. The Labute approximate surface area is 127 Å². The third-order valence-corrected chi connectivity index (χ3v) is 3.55. The van der Waals surface area contributed by atoms with Crippen molar-refractivity contribution in [1.29, 1.82) is 0 Å². The van der Waals surface area contributed by atoms with E-state index in [0.717, 1.165) is 36.2 Å². The summed E-state index contributed by atoms with van der Waals surface area (Å²) in [5.41, 5.74) is 0.722. The van der Waals surface area contributed by atoms with Gasteiger partial charge in [0.25, 0.3) is 0 Å². The van der Waals surface area contributed by atoms with E-state index in [9.17, 15) is 8.78 Å². The van der Waals surface area contributed by atoms with Gasteiger partial charge >= 0.3 is 6.61 Å². The van der Waals surface area contributed by atoms with Gasteiger partial charge in [0.05, 0.1) is 0 Å². The first kappa shape index (κ1) is 17.3. The van der Waals surface area contributed by atoms with Gasteiger partial charge in [-0.25, -0.2) is 0 Å². The number of halogens is 3. The molecule has 6 heteroatoms. The minimum absolute atomic E-state index is 0.221. The van der Waals surface area contributed by atoms with Crippen molar-refractivity contribution >= 4 is 15.9 Å². The molecule has 0 aromatic heterocycles. The monoisotopic (exact) mass is 350 g/mol. The Balaban J connectivity index is 2.51. The molecule has 0 radical (unpaired) electrons. The fourth-order valence-electron chi connectivity index (χ4n) is 1.90. The summed E-state index contributed by atoms with van der Waals surface area (Å²) in [5.74, 6) is 0.221. The van der Waals surface area contributed by atoms with Crippen LogP contribution in [0.3, 0.4) is 0 Å².